The van der Waals surface area contributed by atoms with Crippen LogP contribution in [0.4, 0.5) is 0 Å². The molecule has 2 N–H and O–H groups in total. The maximum absolute atomic E-state index is 6.20. The second-order valence-corrected chi connectivity index (χ2v) is 5.30. The molecule has 92 valence electrons. The fourth-order valence-electron chi connectivity index (χ4n) is 2.20. The highest BCUT2D eigenvalue weighted by Gasteiger charge is 2.30. The van der Waals surface area contributed by atoms with Gasteiger partial charge in [0.1, 0.15) is 0 Å². The Morgan fingerprint density at radius 2 is 1.88 bits per heavy atom. The molecule has 1 fully saturated rings. The number of hydrogen-bond donors (Lipinski definition) is 1. The van der Waals surface area contributed by atoms with E-state index in [1.165, 1.54) is 18.4 Å². The minimum absolute atomic E-state index is 0.157. The van der Waals surface area contributed by atoms with Gasteiger partial charge in [-0.15, -0.1) is 0 Å². The molecule has 2 atom stereocenters. The summed E-state index contributed by atoms with van der Waals surface area (Å²) in [5.41, 5.74) is 7.37. The second-order valence-electron chi connectivity index (χ2n) is 5.30. The van der Waals surface area contributed by atoms with Crippen molar-refractivity contribution in [1.29, 1.82) is 0 Å². The summed E-state index contributed by atoms with van der Waals surface area (Å²) in [5.74, 6) is 2.80. The lowest BCUT2D eigenvalue weighted by Gasteiger charge is -2.14. The quantitative estimate of drug-likeness (QED) is 0.853. The minimum Gasteiger partial charge on any atom is -0.489 e. The molecule has 1 aliphatic carbocycles. The zero-order valence-corrected chi connectivity index (χ0v) is 10.2. The molecule has 2 aliphatic rings. The first-order valence-electron chi connectivity index (χ1n) is 6.39. The first kappa shape index (κ1) is 10.9. The third kappa shape index (κ3) is 2.25. The number of nitrogens with two attached hydrogens (primary N) is 1. The van der Waals surface area contributed by atoms with Crippen molar-refractivity contribution in [3.8, 4) is 11.5 Å². The van der Waals surface area contributed by atoms with Crippen molar-refractivity contribution in [2.45, 2.75) is 25.8 Å². The molecule has 1 saturated carbocycles. The highest BCUT2D eigenvalue weighted by molar-refractivity contribution is 5.44. The first-order valence-corrected chi connectivity index (χ1v) is 6.39. The Hall–Kier alpha value is -1.22. The maximum Gasteiger partial charge on any atom is 0.161 e. The van der Waals surface area contributed by atoms with Crippen LogP contribution in [0, 0.1) is 11.8 Å². The van der Waals surface area contributed by atoms with Gasteiger partial charge in [-0.2, -0.15) is 0 Å². The van der Waals surface area contributed by atoms with Gasteiger partial charge >= 0.3 is 0 Å². The summed E-state index contributed by atoms with van der Waals surface area (Å²) in [5, 5.41) is 0. The van der Waals surface area contributed by atoms with E-state index in [2.05, 4.69) is 19.1 Å². The fraction of sp³-hybridized carbons (Fsp3) is 0.571. The molecule has 0 aromatic heterocycles. The molecule has 3 nitrogen and oxygen atoms in total. The van der Waals surface area contributed by atoms with Crippen molar-refractivity contribution >= 4 is 0 Å². The number of fused-ring (bicyclic) bond motifs is 1. The van der Waals surface area contributed by atoms with Crippen LogP contribution in [0.2, 0.25) is 0 Å². The number of benzene rings is 1. The van der Waals surface area contributed by atoms with Gasteiger partial charge in [0.2, 0.25) is 0 Å². The first-order chi connectivity index (χ1) is 8.24. The lowest BCUT2D eigenvalue weighted by Crippen LogP contribution is -2.12. The van der Waals surface area contributed by atoms with E-state index >= 15 is 0 Å². The van der Waals surface area contributed by atoms with Crippen LogP contribution in [0.3, 0.4) is 0 Å². The van der Waals surface area contributed by atoms with E-state index < -0.39 is 0 Å². The van der Waals surface area contributed by atoms with E-state index in [0.717, 1.165) is 24.7 Å². The smallest absolute Gasteiger partial charge is 0.161 e. The van der Waals surface area contributed by atoms with Gasteiger partial charge in [0.05, 0.1) is 13.2 Å². The van der Waals surface area contributed by atoms with Gasteiger partial charge in [-0.1, -0.05) is 13.0 Å². The maximum atomic E-state index is 6.20. The summed E-state index contributed by atoms with van der Waals surface area (Å²) in [4.78, 5) is 0. The third-order valence-electron chi connectivity index (χ3n) is 3.53. The van der Waals surface area contributed by atoms with Gasteiger partial charge in [0, 0.05) is 12.0 Å². The topological polar surface area (TPSA) is 44.5 Å². The monoisotopic (exact) mass is 233 g/mol. The summed E-state index contributed by atoms with van der Waals surface area (Å²) in [6.45, 7) is 3.57. The van der Waals surface area contributed by atoms with Crippen LogP contribution in [-0.2, 0) is 0 Å². The van der Waals surface area contributed by atoms with Crippen LogP contribution in [0.15, 0.2) is 18.2 Å². The predicted octanol–water partition coefficient (Wildman–Crippen LogP) is 2.50. The summed E-state index contributed by atoms with van der Waals surface area (Å²) in [6.07, 6.45) is 2.51. The van der Waals surface area contributed by atoms with Gasteiger partial charge in [0.15, 0.2) is 11.5 Å². The predicted molar refractivity (Wildman–Crippen MR) is 66.2 cm³/mol. The van der Waals surface area contributed by atoms with Crippen LogP contribution in [-0.4, -0.2) is 13.2 Å². The third-order valence-corrected chi connectivity index (χ3v) is 3.53. The Kier molecular flexibility index (Phi) is 2.71. The van der Waals surface area contributed by atoms with Crippen molar-refractivity contribution in [3.05, 3.63) is 23.8 Å². The van der Waals surface area contributed by atoms with Crippen molar-refractivity contribution in [2.75, 3.05) is 13.2 Å². The Bertz CT molecular complexity index is 415. The van der Waals surface area contributed by atoms with Crippen LogP contribution < -0.4 is 15.2 Å². The lowest BCUT2D eigenvalue weighted by atomic mass is 10.0. The summed E-state index contributed by atoms with van der Waals surface area (Å²) in [7, 11) is 0. The number of hydrogen-bond acceptors (Lipinski definition) is 3. The molecule has 0 bridgehead atoms. The summed E-state index contributed by atoms with van der Waals surface area (Å²) < 4.78 is 11.5. The molecule has 1 aromatic rings. The van der Waals surface area contributed by atoms with E-state index in [1.54, 1.807) is 0 Å². The molecule has 0 radical (unpaired) electrons. The van der Waals surface area contributed by atoms with Crippen molar-refractivity contribution < 1.29 is 9.47 Å². The molecule has 2 unspecified atom stereocenters. The standard InChI is InChI=1S/C14H19NO2/c1-9-7-16-12-5-4-11(6-13(12)17-8-9)14(15)10-2-3-10/h4-6,9-10,14H,2-3,7-8,15H2,1H3. The normalized spacial score (nSPS) is 25.2. The van der Waals surface area contributed by atoms with Crippen LogP contribution in [0.25, 0.3) is 0 Å². The molecular weight excluding hydrogens is 214 g/mol. The summed E-state index contributed by atoms with van der Waals surface area (Å²) >= 11 is 0. The van der Waals surface area contributed by atoms with Gasteiger partial charge in [0.25, 0.3) is 0 Å². The van der Waals surface area contributed by atoms with Crippen LogP contribution in [0.1, 0.15) is 31.4 Å². The lowest BCUT2D eigenvalue weighted by molar-refractivity contribution is 0.228. The van der Waals surface area contributed by atoms with Gasteiger partial charge in [-0.3, -0.25) is 0 Å². The Morgan fingerprint density at radius 3 is 2.59 bits per heavy atom. The molecule has 17 heavy (non-hydrogen) atoms. The van der Waals surface area contributed by atoms with Gasteiger partial charge < -0.3 is 15.2 Å². The van der Waals surface area contributed by atoms with Crippen molar-refractivity contribution in [2.24, 2.45) is 17.6 Å². The summed E-state index contributed by atoms with van der Waals surface area (Å²) in [6, 6.07) is 6.27. The highest BCUT2D eigenvalue weighted by atomic mass is 16.5. The molecule has 3 rings (SSSR count). The SMILES string of the molecule is CC1COc2ccc(C(N)C3CC3)cc2OC1. The number of rotatable bonds is 2. The molecule has 0 spiro atoms. The number of ether oxygens (including phenoxy) is 2. The van der Waals surface area contributed by atoms with Crippen LogP contribution >= 0.6 is 0 Å². The molecule has 0 saturated heterocycles. The highest BCUT2D eigenvalue weighted by Crippen LogP contribution is 2.41. The van der Waals surface area contributed by atoms with E-state index in [-0.39, 0.29) is 6.04 Å². The Morgan fingerprint density at radius 1 is 1.18 bits per heavy atom. The van der Waals surface area contributed by atoms with Crippen molar-refractivity contribution in [3.63, 3.8) is 0 Å². The average molecular weight is 233 g/mol. The minimum atomic E-state index is 0.157. The molecular formula is C14H19NO2. The van der Waals surface area contributed by atoms with Crippen LogP contribution in [0.5, 0.6) is 11.5 Å². The van der Waals surface area contributed by atoms with E-state index in [4.69, 9.17) is 15.2 Å². The Labute approximate surface area is 102 Å². The zero-order valence-electron chi connectivity index (χ0n) is 10.2. The van der Waals surface area contributed by atoms with E-state index in [1.807, 2.05) is 6.07 Å². The van der Waals surface area contributed by atoms with Gasteiger partial charge in [-0.25, -0.2) is 0 Å². The molecule has 1 aliphatic heterocycles. The average Bonchev–Trinajstić information content (AvgIpc) is 3.16. The van der Waals surface area contributed by atoms with Gasteiger partial charge in [-0.05, 0) is 36.5 Å². The Balaban J connectivity index is 1.85. The molecule has 3 heteroatoms. The van der Waals surface area contributed by atoms with E-state index in [0.29, 0.717) is 11.8 Å². The van der Waals surface area contributed by atoms with Crippen molar-refractivity contribution in [1.82, 2.24) is 0 Å². The molecule has 1 heterocycles. The zero-order chi connectivity index (χ0) is 11.8. The largest absolute Gasteiger partial charge is 0.489 e. The molecule has 0 amide bonds. The second kappa shape index (κ2) is 4.22. The fourth-order valence-corrected chi connectivity index (χ4v) is 2.20. The molecule has 1 aromatic carbocycles. The van der Waals surface area contributed by atoms with E-state index in [9.17, 15) is 0 Å².